The lowest BCUT2D eigenvalue weighted by Gasteiger charge is -2.31. The van der Waals surface area contributed by atoms with Crippen molar-refractivity contribution in [3.8, 4) is 0 Å². The third kappa shape index (κ3) is 5.39. The van der Waals surface area contributed by atoms with Gasteiger partial charge in [-0.05, 0) is 59.3 Å². The van der Waals surface area contributed by atoms with Crippen LogP contribution in [0.3, 0.4) is 0 Å². The van der Waals surface area contributed by atoms with Gasteiger partial charge in [0, 0.05) is 6.04 Å². The second-order valence-electron chi connectivity index (χ2n) is 6.00. The first-order chi connectivity index (χ1) is 7.78. The smallest absolute Gasteiger partial charge is 0.407 e. The number of aliphatic hydroxyl groups excluding tert-OH is 1. The molecule has 4 heteroatoms. The van der Waals surface area contributed by atoms with Gasteiger partial charge in [-0.15, -0.1) is 0 Å². The van der Waals surface area contributed by atoms with E-state index in [-0.39, 0.29) is 18.2 Å². The molecule has 0 radical (unpaired) electrons. The lowest BCUT2D eigenvalue weighted by molar-refractivity contribution is 0.0462. The third-order valence-electron chi connectivity index (χ3n) is 3.19. The molecule has 1 amide bonds. The molecule has 2 N–H and O–H groups in total. The first-order valence-corrected chi connectivity index (χ1v) is 6.45. The van der Waals surface area contributed by atoms with Gasteiger partial charge in [-0.25, -0.2) is 4.79 Å². The third-order valence-corrected chi connectivity index (χ3v) is 3.19. The van der Waals surface area contributed by atoms with Gasteiger partial charge in [0.15, 0.2) is 0 Å². The van der Waals surface area contributed by atoms with Crippen LogP contribution in [0, 0.1) is 5.92 Å². The molecule has 0 aromatic carbocycles. The summed E-state index contributed by atoms with van der Waals surface area (Å²) in [6.07, 6.45) is 3.11. The van der Waals surface area contributed by atoms with Crippen molar-refractivity contribution >= 4 is 6.09 Å². The summed E-state index contributed by atoms with van der Waals surface area (Å²) >= 11 is 0. The molecule has 1 atom stereocenters. The predicted octanol–water partition coefficient (Wildman–Crippen LogP) is 2.45. The SMILES string of the molecule is CC(NC(=O)OC(C)(C)C)C1CCC(O)CC1. The summed E-state index contributed by atoms with van der Waals surface area (Å²) in [5.74, 6) is 0.450. The maximum Gasteiger partial charge on any atom is 0.407 e. The molecule has 17 heavy (non-hydrogen) atoms. The van der Waals surface area contributed by atoms with E-state index >= 15 is 0 Å². The molecule has 0 heterocycles. The molecule has 0 spiro atoms. The van der Waals surface area contributed by atoms with E-state index in [0.717, 1.165) is 25.7 Å². The zero-order valence-electron chi connectivity index (χ0n) is 11.3. The van der Waals surface area contributed by atoms with Crippen LogP contribution in [0.25, 0.3) is 0 Å². The number of amides is 1. The van der Waals surface area contributed by atoms with Gasteiger partial charge in [0.2, 0.25) is 0 Å². The molecule has 0 aromatic heterocycles. The molecule has 0 saturated heterocycles. The highest BCUT2D eigenvalue weighted by Crippen LogP contribution is 2.26. The highest BCUT2D eigenvalue weighted by molar-refractivity contribution is 5.68. The molecule has 1 aliphatic carbocycles. The van der Waals surface area contributed by atoms with Gasteiger partial charge in [0.1, 0.15) is 5.60 Å². The van der Waals surface area contributed by atoms with Gasteiger partial charge in [0.05, 0.1) is 6.10 Å². The first-order valence-electron chi connectivity index (χ1n) is 6.45. The summed E-state index contributed by atoms with van der Waals surface area (Å²) in [6.45, 7) is 7.57. The summed E-state index contributed by atoms with van der Waals surface area (Å²) < 4.78 is 5.22. The number of carbonyl (C=O) groups excluding carboxylic acids is 1. The Kier molecular flexibility index (Phi) is 4.80. The Morgan fingerprint density at radius 3 is 2.29 bits per heavy atom. The van der Waals surface area contributed by atoms with E-state index in [4.69, 9.17) is 4.74 Å². The molecular weight excluding hydrogens is 218 g/mol. The molecule has 0 aliphatic heterocycles. The van der Waals surface area contributed by atoms with Crippen LogP contribution in [0.5, 0.6) is 0 Å². The van der Waals surface area contributed by atoms with E-state index in [0.29, 0.717) is 5.92 Å². The molecule has 100 valence electrons. The fourth-order valence-electron chi connectivity index (χ4n) is 2.21. The molecule has 1 unspecified atom stereocenters. The fraction of sp³-hybridized carbons (Fsp3) is 0.923. The fourth-order valence-corrected chi connectivity index (χ4v) is 2.21. The average Bonchev–Trinajstić information content (AvgIpc) is 2.15. The number of hydrogen-bond acceptors (Lipinski definition) is 3. The number of carbonyl (C=O) groups is 1. The Morgan fingerprint density at radius 1 is 1.29 bits per heavy atom. The van der Waals surface area contributed by atoms with Crippen molar-refractivity contribution in [2.24, 2.45) is 5.92 Å². The minimum absolute atomic E-state index is 0.109. The minimum Gasteiger partial charge on any atom is -0.444 e. The average molecular weight is 243 g/mol. The largest absolute Gasteiger partial charge is 0.444 e. The van der Waals surface area contributed by atoms with E-state index in [1.807, 2.05) is 27.7 Å². The Labute approximate surface area is 104 Å². The number of nitrogens with one attached hydrogen (secondary N) is 1. The number of aliphatic hydroxyl groups is 1. The van der Waals surface area contributed by atoms with E-state index < -0.39 is 5.60 Å². The van der Waals surface area contributed by atoms with E-state index in [2.05, 4.69) is 5.32 Å². The highest BCUT2D eigenvalue weighted by Gasteiger charge is 2.26. The van der Waals surface area contributed by atoms with E-state index in [1.165, 1.54) is 0 Å². The van der Waals surface area contributed by atoms with Crippen molar-refractivity contribution in [3.05, 3.63) is 0 Å². The van der Waals surface area contributed by atoms with Crippen LogP contribution in [0.1, 0.15) is 53.4 Å². The molecule has 0 bridgehead atoms. The van der Waals surface area contributed by atoms with Gasteiger partial charge in [-0.2, -0.15) is 0 Å². The second kappa shape index (κ2) is 5.71. The van der Waals surface area contributed by atoms with Crippen LogP contribution in [0.15, 0.2) is 0 Å². The Balaban J connectivity index is 2.33. The molecule has 1 saturated carbocycles. The van der Waals surface area contributed by atoms with Gasteiger partial charge in [-0.3, -0.25) is 0 Å². The minimum atomic E-state index is -0.452. The molecule has 1 rings (SSSR count). The summed E-state index contributed by atoms with van der Waals surface area (Å²) in [7, 11) is 0. The molecule has 1 aliphatic rings. The van der Waals surface area contributed by atoms with Crippen LogP contribution < -0.4 is 5.32 Å². The lowest BCUT2D eigenvalue weighted by Crippen LogP contribution is -2.42. The molecule has 0 aromatic rings. The monoisotopic (exact) mass is 243 g/mol. The van der Waals surface area contributed by atoms with Crippen LogP contribution in [-0.2, 0) is 4.74 Å². The quantitative estimate of drug-likeness (QED) is 0.783. The Hall–Kier alpha value is -0.770. The number of alkyl carbamates (subject to hydrolysis) is 1. The molecule has 1 fully saturated rings. The Bertz CT molecular complexity index is 252. The number of hydrogen-bond donors (Lipinski definition) is 2. The second-order valence-corrected chi connectivity index (χ2v) is 6.00. The maximum absolute atomic E-state index is 11.6. The maximum atomic E-state index is 11.6. The van der Waals surface area contributed by atoms with Crippen molar-refractivity contribution in [1.82, 2.24) is 5.32 Å². The number of rotatable bonds is 2. The van der Waals surface area contributed by atoms with Crippen LogP contribution in [0.4, 0.5) is 4.79 Å². The summed E-state index contributed by atoms with van der Waals surface area (Å²) in [5.41, 5.74) is -0.452. The van der Waals surface area contributed by atoms with Gasteiger partial charge < -0.3 is 15.2 Å². The van der Waals surface area contributed by atoms with Crippen molar-refractivity contribution in [1.29, 1.82) is 0 Å². The van der Waals surface area contributed by atoms with Gasteiger partial charge in [0.25, 0.3) is 0 Å². The van der Waals surface area contributed by atoms with Crippen molar-refractivity contribution < 1.29 is 14.6 Å². The normalized spacial score (nSPS) is 27.4. The van der Waals surface area contributed by atoms with Crippen LogP contribution in [-0.4, -0.2) is 28.9 Å². The predicted molar refractivity (Wildman–Crippen MR) is 66.8 cm³/mol. The van der Waals surface area contributed by atoms with Crippen LogP contribution in [0.2, 0.25) is 0 Å². The zero-order chi connectivity index (χ0) is 13.1. The van der Waals surface area contributed by atoms with Gasteiger partial charge in [-0.1, -0.05) is 0 Å². The summed E-state index contributed by atoms with van der Waals surface area (Å²) in [5, 5.41) is 12.3. The van der Waals surface area contributed by atoms with E-state index in [1.54, 1.807) is 0 Å². The van der Waals surface area contributed by atoms with E-state index in [9.17, 15) is 9.90 Å². The topological polar surface area (TPSA) is 58.6 Å². The summed E-state index contributed by atoms with van der Waals surface area (Å²) in [6, 6.07) is 0.109. The van der Waals surface area contributed by atoms with Crippen molar-refractivity contribution in [2.45, 2.75) is 71.1 Å². The van der Waals surface area contributed by atoms with Crippen molar-refractivity contribution in [3.63, 3.8) is 0 Å². The van der Waals surface area contributed by atoms with Crippen molar-refractivity contribution in [2.75, 3.05) is 0 Å². The Morgan fingerprint density at radius 2 is 1.82 bits per heavy atom. The number of ether oxygens (including phenoxy) is 1. The standard InChI is InChI=1S/C13H25NO3/c1-9(10-5-7-11(15)8-6-10)14-12(16)17-13(2,3)4/h9-11,15H,5-8H2,1-4H3,(H,14,16). The van der Waals surface area contributed by atoms with Gasteiger partial charge >= 0.3 is 6.09 Å². The zero-order valence-corrected chi connectivity index (χ0v) is 11.3. The first kappa shape index (κ1) is 14.3. The van der Waals surface area contributed by atoms with Crippen LogP contribution >= 0.6 is 0 Å². The molecular formula is C13H25NO3. The highest BCUT2D eigenvalue weighted by atomic mass is 16.6. The summed E-state index contributed by atoms with van der Waals surface area (Å²) in [4.78, 5) is 11.6. The molecule has 4 nitrogen and oxygen atoms in total. The lowest BCUT2D eigenvalue weighted by atomic mass is 9.83.